The summed E-state index contributed by atoms with van der Waals surface area (Å²) in [5.74, 6) is 1.56. The third-order valence-corrected chi connectivity index (χ3v) is 3.68. The van der Waals surface area contributed by atoms with E-state index in [4.69, 9.17) is 0 Å². The maximum atomic E-state index is 9.95. The van der Waals surface area contributed by atoms with E-state index in [1.807, 2.05) is 13.2 Å². The van der Waals surface area contributed by atoms with Crippen molar-refractivity contribution in [2.45, 2.75) is 31.8 Å². The third-order valence-electron chi connectivity index (χ3n) is 2.77. The molecule has 0 radical (unpaired) electrons. The Morgan fingerprint density at radius 1 is 1.53 bits per heavy atom. The Balaban J connectivity index is 2.12. The van der Waals surface area contributed by atoms with Gasteiger partial charge in [0, 0.05) is 12.3 Å². The Kier molecular flexibility index (Phi) is 5.72. The van der Waals surface area contributed by atoms with Gasteiger partial charge in [-0.25, -0.2) is 0 Å². The Hall–Kier alpha value is 0.0100. The van der Waals surface area contributed by atoms with Crippen molar-refractivity contribution in [3.8, 4) is 0 Å². The lowest BCUT2D eigenvalue weighted by Crippen LogP contribution is -2.41. The van der Waals surface area contributed by atoms with Gasteiger partial charge in [0.1, 0.15) is 0 Å². The van der Waals surface area contributed by atoms with Crippen LogP contribution in [0.1, 0.15) is 26.2 Å². The molecule has 0 saturated carbocycles. The number of hydrogen-bond acceptors (Lipinski definition) is 3. The highest BCUT2D eigenvalue weighted by Crippen LogP contribution is 2.17. The second-order valence-electron chi connectivity index (χ2n) is 4.71. The van der Waals surface area contributed by atoms with Gasteiger partial charge in [0.05, 0.1) is 5.60 Å². The van der Waals surface area contributed by atoms with Crippen molar-refractivity contribution in [3.05, 3.63) is 12.2 Å². The number of hydrogen-bond donors (Lipinski definition) is 2. The first kappa shape index (κ1) is 13.1. The summed E-state index contributed by atoms with van der Waals surface area (Å²) in [5.41, 5.74) is -0.566. The molecule has 0 saturated heterocycles. The van der Waals surface area contributed by atoms with E-state index in [-0.39, 0.29) is 0 Å². The Morgan fingerprint density at radius 3 is 2.93 bits per heavy atom. The molecular weight excluding hydrogens is 206 g/mol. The summed E-state index contributed by atoms with van der Waals surface area (Å²) in [6, 6.07) is 0. The van der Waals surface area contributed by atoms with Crippen molar-refractivity contribution in [1.82, 2.24) is 5.32 Å². The maximum absolute atomic E-state index is 9.95. The number of allylic oxidation sites excluding steroid dienone is 2. The first-order valence-corrected chi connectivity index (χ1v) is 7.10. The molecule has 0 aromatic heterocycles. The monoisotopic (exact) mass is 229 g/mol. The molecule has 0 heterocycles. The Morgan fingerprint density at radius 2 is 2.33 bits per heavy atom. The topological polar surface area (TPSA) is 32.3 Å². The largest absolute Gasteiger partial charge is 0.388 e. The molecule has 0 aliphatic heterocycles. The van der Waals surface area contributed by atoms with Crippen molar-refractivity contribution >= 4 is 11.8 Å². The fourth-order valence-electron chi connectivity index (χ4n) is 1.95. The normalized spacial score (nSPS) is 25.1. The summed E-state index contributed by atoms with van der Waals surface area (Å²) < 4.78 is 0. The summed E-state index contributed by atoms with van der Waals surface area (Å²) in [6.07, 6.45) is 10.3. The van der Waals surface area contributed by atoms with Crippen LogP contribution < -0.4 is 5.32 Å². The van der Waals surface area contributed by atoms with Crippen LogP contribution in [0.4, 0.5) is 0 Å². The van der Waals surface area contributed by atoms with Crippen LogP contribution >= 0.6 is 11.8 Å². The highest BCUT2D eigenvalue weighted by Gasteiger charge is 2.19. The van der Waals surface area contributed by atoms with Gasteiger partial charge < -0.3 is 10.4 Å². The number of nitrogens with one attached hydrogen (secondary N) is 1. The molecule has 2 nitrogen and oxygen atoms in total. The van der Waals surface area contributed by atoms with E-state index >= 15 is 0 Å². The second-order valence-corrected chi connectivity index (χ2v) is 5.58. The average Bonchev–Trinajstić information content (AvgIpc) is 2.19. The predicted octanol–water partition coefficient (Wildman–Crippen LogP) is 2.05. The van der Waals surface area contributed by atoms with Crippen LogP contribution in [-0.2, 0) is 0 Å². The molecule has 1 aliphatic carbocycles. The van der Waals surface area contributed by atoms with Crippen LogP contribution in [0.15, 0.2) is 12.2 Å². The first-order chi connectivity index (χ1) is 7.14. The molecule has 0 amide bonds. The molecule has 15 heavy (non-hydrogen) atoms. The Bertz CT molecular complexity index is 204. The van der Waals surface area contributed by atoms with Gasteiger partial charge >= 0.3 is 0 Å². The van der Waals surface area contributed by atoms with Crippen molar-refractivity contribution < 1.29 is 5.11 Å². The van der Waals surface area contributed by atoms with Gasteiger partial charge in [0.2, 0.25) is 0 Å². The summed E-state index contributed by atoms with van der Waals surface area (Å²) in [7, 11) is 0. The Labute approximate surface area is 97.5 Å². The highest BCUT2D eigenvalue weighted by atomic mass is 32.2. The smallest absolute Gasteiger partial charge is 0.0833 e. The molecule has 0 spiro atoms. The van der Waals surface area contributed by atoms with Crippen LogP contribution in [0.2, 0.25) is 0 Å². The van der Waals surface area contributed by atoms with Gasteiger partial charge in [0.15, 0.2) is 0 Å². The minimum absolute atomic E-state index is 0.566. The van der Waals surface area contributed by atoms with Crippen LogP contribution in [0.3, 0.4) is 0 Å². The van der Waals surface area contributed by atoms with Gasteiger partial charge in [-0.3, -0.25) is 0 Å². The van der Waals surface area contributed by atoms with Crippen LogP contribution in [0.5, 0.6) is 0 Å². The van der Waals surface area contributed by atoms with Gasteiger partial charge in [-0.05, 0) is 44.9 Å². The molecule has 0 aromatic rings. The zero-order valence-corrected chi connectivity index (χ0v) is 10.6. The van der Waals surface area contributed by atoms with E-state index in [0.717, 1.165) is 18.2 Å². The maximum Gasteiger partial charge on any atom is 0.0833 e. The summed E-state index contributed by atoms with van der Waals surface area (Å²) in [5, 5.41) is 13.3. The average molecular weight is 229 g/mol. The molecule has 0 bridgehead atoms. The van der Waals surface area contributed by atoms with E-state index < -0.39 is 5.60 Å². The van der Waals surface area contributed by atoms with Gasteiger partial charge in [-0.1, -0.05) is 12.2 Å². The predicted molar refractivity (Wildman–Crippen MR) is 68.4 cm³/mol. The van der Waals surface area contributed by atoms with Crippen LogP contribution in [0, 0.1) is 5.92 Å². The quantitative estimate of drug-likeness (QED) is 0.684. The molecule has 0 fully saturated rings. The van der Waals surface area contributed by atoms with E-state index in [1.54, 1.807) is 11.8 Å². The zero-order valence-electron chi connectivity index (χ0n) is 9.83. The second kappa shape index (κ2) is 6.56. The van der Waals surface area contributed by atoms with E-state index in [2.05, 4.69) is 17.5 Å². The van der Waals surface area contributed by atoms with Crippen molar-refractivity contribution in [1.29, 1.82) is 0 Å². The summed E-state index contributed by atoms with van der Waals surface area (Å²) in [6.45, 7) is 3.64. The fraction of sp³-hybridized carbons (Fsp3) is 0.833. The molecule has 88 valence electrons. The highest BCUT2D eigenvalue weighted by molar-refractivity contribution is 7.98. The fourth-order valence-corrected chi connectivity index (χ4v) is 2.67. The van der Waals surface area contributed by atoms with E-state index in [0.29, 0.717) is 6.54 Å². The van der Waals surface area contributed by atoms with Crippen LogP contribution in [0.25, 0.3) is 0 Å². The molecule has 3 heteroatoms. The first-order valence-electron chi connectivity index (χ1n) is 5.71. The molecule has 2 N–H and O–H groups in total. The van der Waals surface area contributed by atoms with Crippen molar-refractivity contribution in [2.24, 2.45) is 5.92 Å². The molecule has 0 aromatic carbocycles. The van der Waals surface area contributed by atoms with E-state index in [9.17, 15) is 5.11 Å². The SMILES string of the molecule is CSCC(C)(O)CNCC1CC=CCC1. The zero-order chi connectivity index (χ0) is 11.1. The van der Waals surface area contributed by atoms with E-state index in [1.165, 1.54) is 19.3 Å². The number of thioether (sulfide) groups is 1. The lowest BCUT2D eigenvalue weighted by Gasteiger charge is -2.25. The molecular formula is C12H23NOS. The van der Waals surface area contributed by atoms with Crippen LogP contribution in [-0.4, -0.2) is 35.8 Å². The van der Waals surface area contributed by atoms with Gasteiger partial charge in [-0.2, -0.15) is 11.8 Å². The molecule has 1 rings (SSSR count). The molecule has 2 atom stereocenters. The molecule has 1 aliphatic rings. The lowest BCUT2D eigenvalue weighted by molar-refractivity contribution is 0.0836. The minimum Gasteiger partial charge on any atom is -0.388 e. The van der Waals surface area contributed by atoms with Gasteiger partial charge in [-0.15, -0.1) is 0 Å². The van der Waals surface area contributed by atoms with Crippen molar-refractivity contribution in [2.75, 3.05) is 25.1 Å². The van der Waals surface area contributed by atoms with Crippen molar-refractivity contribution in [3.63, 3.8) is 0 Å². The molecule has 2 unspecified atom stereocenters. The number of rotatable bonds is 6. The summed E-state index contributed by atoms with van der Waals surface area (Å²) in [4.78, 5) is 0. The lowest BCUT2D eigenvalue weighted by atomic mass is 9.94. The number of aliphatic hydroxyl groups is 1. The van der Waals surface area contributed by atoms with Gasteiger partial charge in [0.25, 0.3) is 0 Å². The third kappa shape index (κ3) is 5.59. The minimum atomic E-state index is -0.566. The standard InChI is InChI=1S/C12H23NOS/c1-12(14,10-15-2)9-13-8-11-6-4-3-5-7-11/h3-4,11,13-14H,5-10H2,1-2H3. The summed E-state index contributed by atoms with van der Waals surface area (Å²) >= 11 is 1.69.